The number of esters is 1. The normalized spacial score (nSPS) is 17.2. The standard InChI is InChI=1S/C85H130NO12PSi/c1-9-12-15-18-21-24-27-30-33-51-65-90-73(58-45-31-28-25-22-19-16-13-10-2)64-66-91-82-79(86-78(87)67-76(92-68-70-52-39-34-40-53-70)63-46-32-29-26-23-20-17-14-11-3)83(84(88)95-80(71-54-41-35-42-55-71)72-56-43-36-44-57-72)94-77(69-93-100(7,8)85(4,5)6)81(82)98-99(89,96-74-59-47-37-48-60-74)97-75-61-49-38-50-62-75/h34-44,47-50,52-57,59-62,73,76-77,79-83H,9-33,45-46,51,58,63-69H2,1-8H3,(H,86,87)/t73-,76-,77-,79-,81-,82-,83+/m1/s1. The number of unbranched alkanes of at least 4 members (excludes halogenated alkanes) is 25. The fourth-order valence-corrected chi connectivity index (χ4v) is 15.3. The van der Waals surface area contributed by atoms with Crippen molar-refractivity contribution >= 4 is 28.0 Å². The van der Waals surface area contributed by atoms with E-state index in [2.05, 4.69) is 60.0 Å². The van der Waals surface area contributed by atoms with Crippen LogP contribution in [0.5, 0.6) is 11.5 Å². The molecule has 13 nitrogen and oxygen atoms in total. The van der Waals surface area contributed by atoms with Crippen molar-refractivity contribution in [1.29, 1.82) is 0 Å². The van der Waals surface area contributed by atoms with Crippen molar-refractivity contribution in [2.75, 3.05) is 19.8 Å². The predicted molar refractivity (Wildman–Crippen MR) is 410 cm³/mol. The zero-order valence-corrected chi connectivity index (χ0v) is 64.7. The van der Waals surface area contributed by atoms with Gasteiger partial charge in [-0.25, -0.2) is 9.36 Å². The van der Waals surface area contributed by atoms with E-state index in [9.17, 15) is 0 Å². The smallest absolute Gasteiger partial charge is 0.451 e. The van der Waals surface area contributed by atoms with E-state index in [4.69, 9.17) is 41.7 Å². The van der Waals surface area contributed by atoms with Crippen LogP contribution in [0.1, 0.15) is 270 Å². The number of para-hydroxylation sites is 2. The van der Waals surface area contributed by atoms with Gasteiger partial charge in [0, 0.05) is 13.2 Å². The Hall–Kier alpha value is -5.15. The Morgan fingerprint density at radius 3 is 1.38 bits per heavy atom. The third kappa shape index (κ3) is 32.7. The summed E-state index contributed by atoms with van der Waals surface area (Å²) in [5.41, 5.74) is 2.49. The summed E-state index contributed by atoms with van der Waals surface area (Å²) in [6.07, 6.45) is 28.7. The summed E-state index contributed by atoms with van der Waals surface area (Å²) < 4.78 is 78.3. The van der Waals surface area contributed by atoms with Crippen LogP contribution < -0.4 is 14.4 Å². The van der Waals surface area contributed by atoms with Crippen LogP contribution in [0.2, 0.25) is 18.1 Å². The van der Waals surface area contributed by atoms with E-state index in [-0.39, 0.29) is 42.3 Å². The molecule has 0 bridgehead atoms. The number of phosphoric ester groups is 1. The van der Waals surface area contributed by atoms with Gasteiger partial charge in [-0.3, -0.25) is 9.32 Å². The Morgan fingerprint density at radius 1 is 0.500 bits per heavy atom. The first-order valence-corrected chi connectivity index (χ1v) is 43.5. The predicted octanol–water partition coefficient (Wildman–Crippen LogP) is 23.1. The number of hydrogen-bond donors (Lipinski definition) is 1. The molecule has 100 heavy (non-hydrogen) atoms. The second kappa shape index (κ2) is 48.7. The van der Waals surface area contributed by atoms with Crippen LogP contribution >= 0.6 is 7.82 Å². The van der Waals surface area contributed by atoms with E-state index >= 15 is 14.2 Å². The van der Waals surface area contributed by atoms with E-state index < -0.39 is 70.7 Å². The van der Waals surface area contributed by atoms with Gasteiger partial charge in [-0.1, -0.05) is 342 Å². The first-order valence-electron chi connectivity index (χ1n) is 39.2. The molecule has 1 saturated heterocycles. The number of hydrogen-bond acceptors (Lipinski definition) is 12. The third-order valence-corrected chi connectivity index (χ3v) is 25.8. The molecule has 1 aliphatic rings. The van der Waals surface area contributed by atoms with Crippen molar-refractivity contribution in [2.45, 2.75) is 321 Å². The molecular weight excluding hydrogens is 1290 g/mol. The van der Waals surface area contributed by atoms with Crippen LogP contribution in [-0.4, -0.2) is 82.7 Å². The number of carbonyl (C=O) groups is 2. The molecule has 0 aliphatic carbocycles. The van der Waals surface area contributed by atoms with Gasteiger partial charge in [-0.2, -0.15) is 0 Å². The highest BCUT2D eigenvalue weighted by molar-refractivity contribution is 7.49. The highest BCUT2D eigenvalue weighted by Gasteiger charge is 2.56. The SMILES string of the molecule is CCCCCCCCCCCCO[C@H](CCCCCCCCCCC)CCO[C@@H]1[C@@H](NC(=O)C[C@@H](CCCCCCCCCCC)OCc2ccccc2)[C@@H](C(=O)OC(c2ccccc2)c2ccccc2)O[C@H](CO[Si](C)(C)C(C)(C)C)[C@H]1OP(=O)(Oc1ccccc1)Oc1ccccc1. The van der Waals surface area contributed by atoms with Gasteiger partial charge in [0.05, 0.1) is 37.9 Å². The maximum absolute atomic E-state index is 16.1. The molecule has 0 aromatic heterocycles. The van der Waals surface area contributed by atoms with Crippen LogP contribution in [0.15, 0.2) is 152 Å². The van der Waals surface area contributed by atoms with Crippen LogP contribution in [0.25, 0.3) is 0 Å². The quantitative estimate of drug-likeness (QED) is 0.0171. The lowest BCUT2D eigenvalue weighted by atomic mass is 9.91. The summed E-state index contributed by atoms with van der Waals surface area (Å²) in [6.45, 7) is 18.5. The molecule has 1 heterocycles. The average molecular weight is 1420 g/mol. The van der Waals surface area contributed by atoms with Gasteiger partial charge in [-0.15, -0.1) is 0 Å². The summed E-state index contributed by atoms with van der Waals surface area (Å²) in [4.78, 5) is 31.6. The Balaban J connectivity index is 1.43. The first kappa shape index (κ1) is 83.8. The fraction of sp³-hybridized carbons (Fsp3) is 0.624. The lowest BCUT2D eigenvalue weighted by Crippen LogP contribution is -2.68. The van der Waals surface area contributed by atoms with E-state index in [1.165, 1.54) is 135 Å². The highest BCUT2D eigenvalue weighted by atomic mass is 31.2. The number of rotatable bonds is 55. The van der Waals surface area contributed by atoms with Crippen LogP contribution in [0.3, 0.4) is 0 Å². The molecule has 556 valence electrons. The first-order chi connectivity index (χ1) is 48.6. The van der Waals surface area contributed by atoms with Gasteiger partial charge in [-0.05, 0) is 84.8 Å². The van der Waals surface area contributed by atoms with Gasteiger partial charge < -0.3 is 42.5 Å². The molecule has 0 unspecified atom stereocenters. The minimum Gasteiger partial charge on any atom is -0.451 e. The summed E-state index contributed by atoms with van der Waals surface area (Å²) >= 11 is 0. The summed E-state index contributed by atoms with van der Waals surface area (Å²) in [7, 11) is -7.43. The molecule has 1 aliphatic heterocycles. The lowest BCUT2D eigenvalue weighted by Gasteiger charge is -2.47. The number of carbonyl (C=O) groups excluding carboxylic acids is 2. The van der Waals surface area contributed by atoms with E-state index in [0.29, 0.717) is 26.1 Å². The maximum Gasteiger partial charge on any atom is 0.588 e. The number of nitrogens with one attached hydrogen (secondary N) is 1. The van der Waals surface area contributed by atoms with Crippen LogP contribution in [0, 0.1) is 0 Å². The molecule has 1 fully saturated rings. The summed E-state index contributed by atoms with van der Waals surface area (Å²) in [5, 5.41) is 3.09. The second-order valence-corrected chi connectivity index (χ2v) is 35.7. The largest absolute Gasteiger partial charge is 0.588 e. The van der Waals surface area contributed by atoms with E-state index in [1.807, 2.05) is 103 Å². The van der Waals surface area contributed by atoms with Crippen LogP contribution in [0.4, 0.5) is 0 Å². The zero-order valence-electron chi connectivity index (χ0n) is 62.9. The minimum absolute atomic E-state index is 0.0325. The molecule has 0 saturated carbocycles. The van der Waals surface area contributed by atoms with Gasteiger partial charge in [0.1, 0.15) is 29.8 Å². The number of benzene rings is 5. The molecular formula is C85H130NO12PSi. The van der Waals surface area contributed by atoms with Gasteiger partial charge in [0.15, 0.2) is 20.5 Å². The summed E-state index contributed by atoms with van der Waals surface area (Å²) in [6, 6.07) is 45.5. The molecule has 15 heteroatoms. The van der Waals surface area contributed by atoms with Gasteiger partial charge in [0.2, 0.25) is 5.91 Å². The van der Waals surface area contributed by atoms with Gasteiger partial charge in [0.25, 0.3) is 0 Å². The van der Waals surface area contributed by atoms with Gasteiger partial charge >= 0.3 is 13.8 Å². The van der Waals surface area contributed by atoms with Crippen LogP contribution in [-0.2, 0) is 53.4 Å². The second-order valence-electron chi connectivity index (χ2n) is 29.4. The molecule has 7 atom stereocenters. The lowest BCUT2D eigenvalue weighted by molar-refractivity contribution is -0.217. The number of phosphoric acid groups is 1. The Morgan fingerprint density at radius 2 is 0.920 bits per heavy atom. The fourth-order valence-electron chi connectivity index (χ4n) is 12.8. The average Bonchev–Trinajstić information content (AvgIpc) is 0.764. The third-order valence-electron chi connectivity index (χ3n) is 19.9. The molecule has 5 aromatic carbocycles. The van der Waals surface area contributed by atoms with E-state index in [0.717, 1.165) is 68.1 Å². The van der Waals surface area contributed by atoms with Crippen molar-refractivity contribution in [3.05, 3.63) is 168 Å². The Bertz CT molecular complexity index is 2840. The van der Waals surface area contributed by atoms with E-state index in [1.54, 1.807) is 48.5 Å². The number of amides is 1. The molecule has 5 aromatic rings. The van der Waals surface area contributed by atoms with Crippen molar-refractivity contribution in [2.24, 2.45) is 0 Å². The molecule has 1 amide bonds. The van der Waals surface area contributed by atoms with Crippen molar-refractivity contribution in [3.63, 3.8) is 0 Å². The highest BCUT2D eigenvalue weighted by Crippen LogP contribution is 2.53. The minimum atomic E-state index is -4.80. The Labute approximate surface area is 606 Å². The van der Waals surface area contributed by atoms with Crippen molar-refractivity contribution in [3.8, 4) is 11.5 Å². The van der Waals surface area contributed by atoms with Crippen molar-refractivity contribution < 1.29 is 55.8 Å². The summed E-state index contributed by atoms with van der Waals surface area (Å²) in [5.74, 6) is -0.668. The molecule has 1 N–H and O–H groups in total. The zero-order chi connectivity index (χ0) is 71.4. The monoisotopic (exact) mass is 1420 g/mol. The van der Waals surface area contributed by atoms with Crippen molar-refractivity contribution in [1.82, 2.24) is 5.32 Å². The number of ether oxygens (including phenoxy) is 5. The molecule has 0 radical (unpaired) electrons. The molecule has 0 spiro atoms. The Kier molecular flexibility index (Phi) is 40.8. The maximum atomic E-state index is 16.1. The molecule has 6 rings (SSSR count). The topological polar surface area (TPSA) is 146 Å².